The third-order valence-electron chi connectivity index (χ3n) is 5.77. The molecule has 0 radical (unpaired) electrons. The molecule has 162 valence electrons. The van der Waals surface area contributed by atoms with Crippen LogP contribution in [0.4, 0.5) is 11.4 Å². The van der Waals surface area contributed by atoms with Crippen LogP contribution in [0.5, 0.6) is 11.5 Å². The van der Waals surface area contributed by atoms with Gasteiger partial charge in [0.2, 0.25) is 0 Å². The highest BCUT2D eigenvalue weighted by Gasteiger charge is 2.41. The number of carbonyl (C=O) groups excluding carboxylic acids is 1. The number of hydrogen-bond acceptors (Lipinski definition) is 8. The summed E-state index contributed by atoms with van der Waals surface area (Å²) in [6, 6.07) is 12.8. The molecule has 0 fully saturated rings. The minimum Gasteiger partial charge on any atom is -0.504 e. The maximum Gasteiger partial charge on any atom is 0.293 e. The third kappa shape index (κ3) is 3.22. The predicted octanol–water partition coefficient (Wildman–Crippen LogP) is 3.61. The molecule has 0 spiro atoms. The van der Waals surface area contributed by atoms with Gasteiger partial charge in [-0.15, -0.1) is 0 Å². The van der Waals surface area contributed by atoms with Crippen LogP contribution in [0.15, 0.2) is 65.1 Å². The van der Waals surface area contributed by atoms with E-state index in [-0.39, 0.29) is 40.1 Å². The van der Waals surface area contributed by atoms with Crippen molar-refractivity contribution in [3.63, 3.8) is 0 Å². The highest BCUT2D eigenvalue weighted by atomic mass is 16.6. The van der Waals surface area contributed by atoms with E-state index in [9.17, 15) is 25.3 Å². The number of hydrogen-bond donors (Lipinski definition) is 2. The van der Waals surface area contributed by atoms with E-state index < -0.39 is 10.8 Å². The SMILES string of the molecule is COc1cc(C2C(C#N)=C(N)N(c3ccccc3[N+](=O)[O-])C3=C2C(=O)CCC3)ccc1O. The first-order chi connectivity index (χ1) is 15.4. The predicted molar refractivity (Wildman–Crippen MR) is 116 cm³/mol. The second-order valence-electron chi connectivity index (χ2n) is 7.49. The first-order valence-electron chi connectivity index (χ1n) is 9.95. The van der Waals surface area contributed by atoms with E-state index in [0.29, 0.717) is 36.1 Å². The maximum absolute atomic E-state index is 13.1. The van der Waals surface area contributed by atoms with E-state index in [4.69, 9.17) is 10.5 Å². The van der Waals surface area contributed by atoms with Gasteiger partial charge in [-0.25, -0.2) is 0 Å². The topological polar surface area (TPSA) is 143 Å². The number of nitro groups is 1. The lowest BCUT2D eigenvalue weighted by Gasteiger charge is -2.39. The Kier molecular flexibility index (Phi) is 5.28. The van der Waals surface area contributed by atoms with Gasteiger partial charge < -0.3 is 15.6 Å². The van der Waals surface area contributed by atoms with Gasteiger partial charge in [0.15, 0.2) is 17.3 Å². The number of methoxy groups -OCH3 is 1. The molecule has 0 saturated heterocycles. The van der Waals surface area contributed by atoms with E-state index in [0.717, 1.165) is 0 Å². The van der Waals surface area contributed by atoms with Crippen LogP contribution in [0.1, 0.15) is 30.7 Å². The summed E-state index contributed by atoms with van der Waals surface area (Å²) in [6.45, 7) is 0. The summed E-state index contributed by atoms with van der Waals surface area (Å²) in [4.78, 5) is 25.7. The molecule has 1 heterocycles. The molecule has 1 aliphatic carbocycles. The van der Waals surface area contributed by atoms with Crippen molar-refractivity contribution in [2.75, 3.05) is 12.0 Å². The number of anilines is 1. The number of phenols is 1. The number of ether oxygens (including phenoxy) is 1. The first-order valence-corrected chi connectivity index (χ1v) is 9.95. The van der Waals surface area contributed by atoms with Gasteiger partial charge in [-0.1, -0.05) is 18.2 Å². The van der Waals surface area contributed by atoms with Gasteiger partial charge in [0.1, 0.15) is 11.5 Å². The number of aromatic hydroxyl groups is 1. The molecule has 0 bridgehead atoms. The number of nitrogens with zero attached hydrogens (tertiary/aromatic N) is 3. The maximum atomic E-state index is 13.1. The van der Waals surface area contributed by atoms with Crippen molar-refractivity contribution < 1.29 is 19.6 Å². The van der Waals surface area contributed by atoms with Crippen LogP contribution in [-0.4, -0.2) is 22.9 Å². The number of nitro benzene ring substituents is 1. The fraction of sp³-hybridized carbons (Fsp3) is 0.217. The number of ketones is 1. The fourth-order valence-electron chi connectivity index (χ4n) is 4.38. The van der Waals surface area contributed by atoms with Gasteiger partial charge in [-0.05, 0) is 36.6 Å². The molecule has 2 aromatic rings. The summed E-state index contributed by atoms with van der Waals surface area (Å²) in [7, 11) is 1.40. The Morgan fingerprint density at radius 2 is 2.03 bits per heavy atom. The quantitative estimate of drug-likeness (QED) is 0.551. The van der Waals surface area contributed by atoms with Gasteiger partial charge in [0.05, 0.1) is 29.6 Å². The largest absolute Gasteiger partial charge is 0.504 e. The minimum atomic E-state index is -0.767. The Hall–Kier alpha value is -4.32. The van der Waals surface area contributed by atoms with E-state index in [1.54, 1.807) is 30.3 Å². The Morgan fingerprint density at radius 1 is 1.28 bits per heavy atom. The Balaban J connectivity index is 2.00. The highest BCUT2D eigenvalue weighted by molar-refractivity contribution is 6.01. The number of carbonyl (C=O) groups is 1. The molecule has 1 aliphatic heterocycles. The number of phenolic OH excluding ortho intramolecular Hbond substituents is 1. The molecule has 9 nitrogen and oxygen atoms in total. The smallest absolute Gasteiger partial charge is 0.293 e. The molecular weight excluding hydrogens is 412 g/mol. The third-order valence-corrected chi connectivity index (χ3v) is 5.77. The standard InChI is InChI=1S/C23H20N4O5/c1-32-20-11-13(9-10-18(20)28)21-14(12-24)23(25)26(17-7-4-8-19(29)22(17)21)15-5-2-3-6-16(15)27(30)31/h2-3,5-6,9-11,21,28H,4,7-8,25H2,1H3. The lowest BCUT2D eigenvalue weighted by Crippen LogP contribution is -2.39. The van der Waals surface area contributed by atoms with Gasteiger partial charge >= 0.3 is 0 Å². The molecule has 9 heteroatoms. The van der Waals surface area contributed by atoms with Crippen LogP contribution in [0.25, 0.3) is 0 Å². The Bertz CT molecular complexity index is 1240. The Morgan fingerprint density at radius 3 is 2.72 bits per heavy atom. The number of benzene rings is 2. The van der Waals surface area contributed by atoms with Crippen molar-refractivity contribution in [2.24, 2.45) is 5.73 Å². The molecule has 2 aromatic carbocycles. The Labute approximate surface area is 183 Å². The first kappa shape index (κ1) is 20.9. The molecule has 4 rings (SSSR count). The average molecular weight is 432 g/mol. The summed E-state index contributed by atoms with van der Waals surface area (Å²) >= 11 is 0. The number of nitrogens with two attached hydrogens (primary N) is 1. The average Bonchev–Trinajstić information content (AvgIpc) is 2.79. The highest BCUT2D eigenvalue weighted by Crippen LogP contribution is 2.48. The van der Waals surface area contributed by atoms with Crippen LogP contribution in [0.3, 0.4) is 0 Å². The number of Topliss-reactive ketones (excluding diaryl/α,β-unsaturated/α-hetero) is 1. The van der Waals surface area contributed by atoms with Crippen molar-refractivity contribution in [1.82, 2.24) is 0 Å². The molecule has 1 unspecified atom stereocenters. The second kappa shape index (κ2) is 8.07. The molecule has 0 saturated carbocycles. The zero-order chi connectivity index (χ0) is 23.0. The molecule has 2 aliphatic rings. The van der Waals surface area contributed by atoms with E-state index in [1.807, 2.05) is 0 Å². The van der Waals surface area contributed by atoms with Crippen LogP contribution in [0.2, 0.25) is 0 Å². The lowest BCUT2D eigenvalue weighted by molar-refractivity contribution is -0.384. The normalized spacial score (nSPS) is 18.3. The van der Waals surface area contributed by atoms with Crippen molar-refractivity contribution >= 4 is 17.2 Å². The van der Waals surface area contributed by atoms with Gasteiger partial charge in [0.25, 0.3) is 5.69 Å². The summed E-state index contributed by atoms with van der Waals surface area (Å²) in [5, 5.41) is 31.7. The van der Waals surface area contributed by atoms with Crippen LogP contribution in [-0.2, 0) is 4.79 Å². The summed E-state index contributed by atoms with van der Waals surface area (Å²) in [5.74, 6) is -0.756. The number of rotatable bonds is 4. The number of allylic oxidation sites excluding steroid dienone is 3. The van der Waals surface area contributed by atoms with E-state index in [1.165, 1.54) is 24.1 Å². The fourth-order valence-corrected chi connectivity index (χ4v) is 4.38. The van der Waals surface area contributed by atoms with Crippen molar-refractivity contribution in [1.29, 1.82) is 5.26 Å². The van der Waals surface area contributed by atoms with Gasteiger partial charge in [-0.3, -0.25) is 19.8 Å². The molecule has 3 N–H and O–H groups in total. The molecule has 0 amide bonds. The molecule has 0 aromatic heterocycles. The van der Waals surface area contributed by atoms with Crippen molar-refractivity contribution in [3.05, 3.63) is 80.8 Å². The zero-order valence-electron chi connectivity index (χ0n) is 17.2. The van der Waals surface area contributed by atoms with Crippen molar-refractivity contribution in [3.8, 4) is 17.6 Å². The summed E-state index contributed by atoms with van der Waals surface area (Å²) in [6.07, 6.45) is 1.34. The number of nitriles is 1. The van der Waals surface area contributed by atoms with E-state index in [2.05, 4.69) is 6.07 Å². The zero-order valence-corrected chi connectivity index (χ0v) is 17.2. The summed E-state index contributed by atoms with van der Waals surface area (Å²) in [5.41, 5.74) is 8.06. The number of para-hydroxylation sites is 2. The molecular formula is C23H20N4O5. The van der Waals surface area contributed by atoms with E-state index >= 15 is 0 Å². The van der Waals surface area contributed by atoms with Crippen LogP contribution >= 0.6 is 0 Å². The molecule has 32 heavy (non-hydrogen) atoms. The van der Waals surface area contributed by atoms with Crippen LogP contribution < -0.4 is 15.4 Å². The second-order valence-corrected chi connectivity index (χ2v) is 7.49. The van der Waals surface area contributed by atoms with Gasteiger partial charge in [0, 0.05) is 23.8 Å². The summed E-state index contributed by atoms with van der Waals surface area (Å²) < 4.78 is 5.20. The molecule has 1 atom stereocenters. The lowest BCUT2D eigenvalue weighted by atomic mass is 9.75. The monoisotopic (exact) mass is 432 g/mol. The van der Waals surface area contributed by atoms with Gasteiger partial charge in [-0.2, -0.15) is 5.26 Å². The van der Waals surface area contributed by atoms with Crippen LogP contribution in [0, 0.1) is 21.4 Å². The minimum absolute atomic E-state index is 0.0345. The van der Waals surface area contributed by atoms with Crippen molar-refractivity contribution in [2.45, 2.75) is 25.2 Å².